The normalized spacial score (nSPS) is 10.7. The van der Waals surface area contributed by atoms with Crippen LogP contribution in [0.1, 0.15) is 31.2 Å². The van der Waals surface area contributed by atoms with Crippen molar-refractivity contribution in [3.63, 3.8) is 0 Å². The smallest absolute Gasteiger partial charge is 0.145 e. The number of anilines is 2. The summed E-state index contributed by atoms with van der Waals surface area (Å²) in [5.41, 5.74) is 3.69. The van der Waals surface area contributed by atoms with Crippen molar-refractivity contribution in [3.8, 4) is 0 Å². The molecule has 0 saturated heterocycles. The lowest BCUT2D eigenvalue weighted by atomic mass is 10.2. The van der Waals surface area contributed by atoms with E-state index in [0.717, 1.165) is 22.2 Å². The van der Waals surface area contributed by atoms with Crippen molar-refractivity contribution in [1.82, 2.24) is 9.97 Å². The summed E-state index contributed by atoms with van der Waals surface area (Å²) in [6.07, 6.45) is 0. The average Bonchev–Trinajstić information content (AvgIpc) is 2.46. The zero-order valence-electron chi connectivity index (χ0n) is 11.5. The number of nitrogens with two attached hydrogens (primary N) is 1. The van der Waals surface area contributed by atoms with Gasteiger partial charge in [0.2, 0.25) is 0 Å². The van der Waals surface area contributed by atoms with Gasteiger partial charge in [-0.25, -0.2) is 15.8 Å². The van der Waals surface area contributed by atoms with Gasteiger partial charge < -0.3 is 10.7 Å². The lowest BCUT2D eigenvalue weighted by Gasteiger charge is -2.11. The van der Waals surface area contributed by atoms with Gasteiger partial charge in [0, 0.05) is 23.6 Å². The summed E-state index contributed by atoms with van der Waals surface area (Å²) < 4.78 is 0. The van der Waals surface area contributed by atoms with Crippen LogP contribution in [-0.2, 0) is 6.54 Å². The van der Waals surface area contributed by atoms with Gasteiger partial charge in [0.25, 0.3) is 0 Å². The highest BCUT2D eigenvalue weighted by atomic mass is 35.5. The second kappa shape index (κ2) is 6.54. The molecule has 2 aromatic rings. The number of aromatic nitrogens is 2. The van der Waals surface area contributed by atoms with E-state index in [1.54, 1.807) is 6.07 Å². The summed E-state index contributed by atoms with van der Waals surface area (Å²) >= 11 is 5.86. The van der Waals surface area contributed by atoms with E-state index in [4.69, 9.17) is 17.4 Å². The Morgan fingerprint density at radius 1 is 1.15 bits per heavy atom. The maximum atomic E-state index is 5.86. The number of hydrogen-bond acceptors (Lipinski definition) is 5. The summed E-state index contributed by atoms with van der Waals surface area (Å²) in [6.45, 7) is 4.74. The van der Waals surface area contributed by atoms with E-state index >= 15 is 0 Å². The van der Waals surface area contributed by atoms with Crippen molar-refractivity contribution >= 4 is 23.2 Å². The van der Waals surface area contributed by atoms with Crippen LogP contribution in [0.5, 0.6) is 0 Å². The number of benzene rings is 1. The first-order chi connectivity index (χ1) is 9.58. The summed E-state index contributed by atoms with van der Waals surface area (Å²) in [4.78, 5) is 8.78. The molecule has 4 N–H and O–H groups in total. The van der Waals surface area contributed by atoms with E-state index in [2.05, 4.69) is 20.7 Å². The minimum Gasteiger partial charge on any atom is -0.366 e. The highest BCUT2D eigenvalue weighted by molar-refractivity contribution is 6.30. The maximum Gasteiger partial charge on any atom is 0.145 e. The molecule has 1 aromatic heterocycles. The molecule has 0 aliphatic rings. The Hall–Kier alpha value is -1.85. The SMILES string of the molecule is CC(C)c1nc(NN)cc(NCc2ccc(Cl)cc2)n1. The van der Waals surface area contributed by atoms with Crippen LogP contribution in [0.3, 0.4) is 0 Å². The molecule has 5 nitrogen and oxygen atoms in total. The van der Waals surface area contributed by atoms with Crippen molar-refractivity contribution in [2.45, 2.75) is 26.3 Å². The Labute approximate surface area is 123 Å². The molecule has 0 fully saturated rings. The van der Waals surface area contributed by atoms with E-state index in [0.29, 0.717) is 12.4 Å². The van der Waals surface area contributed by atoms with Crippen LogP contribution in [0.4, 0.5) is 11.6 Å². The fourth-order valence-corrected chi connectivity index (χ4v) is 1.81. The molecule has 0 aliphatic carbocycles. The zero-order valence-corrected chi connectivity index (χ0v) is 12.3. The predicted octanol–water partition coefficient (Wildman–Crippen LogP) is 3.15. The zero-order chi connectivity index (χ0) is 14.5. The molecule has 0 radical (unpaired) electrons. The Balaban J connectivity index is 2.12. The third-order valence-electron chi connectivity index (χ3n) is 2.79. The first kappa shape index (κ1) is 14.6. The fourth-order valence-electron chi connectivity index (χ4n) is 1.68. The number of halogens is 1. The monoisotopic (exact) mass is 291 g/mol. The molecule has 0 amide bonds. The Kier molecular flexibility index (Phi) is 4.76. The van der Waals surface area contributed by atoms with Crippen molar-refractivity contribution in [1.29, 1.82) is 0 Å². The molecule has 0 saturated carbocycles. The van der Waals surface area contributed by atoms with Gasteiger partial charge in [-0.05, 0) is 17.7 Å². The molecule has 20 heavy (non-hydrogen) atoms. The van der Waals surface area contributed by atoms with Crippen molar-refractivity contribution in [2.24, 2.45) is 5.84 Å². The molecule has 2 rings (SSSR count). The standard InChI is InChI=1S/C14H18ClN5/c1-9(2)14-18-12(7-13(19-14)20-16)17-8-10-3-5-11(15)6-4-10/h3-7,9H,8,16H2,1-2H3,(H2,17,18,19,20). The number of nitrogens with zero attached hydrogens (tertiary/aromatic N) is 2. The third kappa shape index (κ3) is 3.82. The first-order valence-electron chi connectivity index (χ1n) is 6.42. The van der Waals surface area contributed by atoms with E-state index in [1.165, 1.54) is 0 Å². The summed E-state index contributed by atoms with van der Waals surface area (Å²) in [7, 11) is 0. The van der Waals surface area contributed by atoms with Crippen LogP contribution in [-0.4, -0.2) is 9.97 Å². The van der Waals surface area contributed by atoms with Crippen molar-refractivity contribution in [3.05, 3.63) is 46.7 Å². The molecule has 106 valence electrons. The summed E-state index contributed by atoms with van der Waals surface area (Å²) in [5, 5.41) is 3.99. The van der Waals surface area contributed by atoms with Crippen LogP contribution in [0.15, 0.2) is 30.3 Å². The predicted molar refractivity (Wildman–Crippen MR) is 82.7 cm³/mol. The molecule has 0 aliphatic heterocycles. The quantitative estimate of drug-likeness (QED) is 0.583. The van der Waals surface area contributed by atoms with E-state index in [9.17, 15) is 0 Å². The number of nitrogens with one attached hydrogen (secondary N) is 2. The van der Waals surface area contributed by atoms with Gasteiger partial charge in [-0.2, -0.15) is 0 Å². The average molecular weight is 292 g/mol. The molecule has 0 spiro atoms. The molecule has 0 bridgehead atoms. The summed E-state index contributed by atoms with van der Waals surface area (Å²) in [6, 6.07) is 9.46. The van der Waals surface area contributed by atoms with Gasteiger partial charge in [-0.15, -0.1) is 0 Å². The molecule has 0 unspecified atom stereocenters. The van der Waals surface area contributed by atoms with Gasteiger partial charge >= 0.3 is 0 Å². The van der Waals surface area contributed by atoms with Gasteiger partial charge in [0.1, 0.15) is 17.5 Å². The van der Waals surface area contributed by atoms with Crippen LogP contribution >= 0.6 is 11.6 Å². The van der Waals surface area contributed by atoms with Gasteiger partial charge in [0.15, 0.2) is 0 Å². The molecule has 0 atom stereocenters. The number of hydrazine groups is 1. The summed E-state index contributed by atoms with van der Waals surface area (Å²) in [5.74, 6) is 7.76. The molecule has 1 aromatic carbocycles. The highest BCUT2D eigenvalue weighted by Crippen LogP contribution is 2.17. The van der Waals surface area contributed by atoms with Crippen molar-refractivity contribution < 1.29 is 0 Å². The number of rotatable bonds is 5. The van der Waals surface area contributed by atoms with Crippen LogP contribution < -0.4 is 16.6 Å². The Bertz CT molecular complexity index is 568. The second-order valence-corrected chi connectivity index (χ2v) is 5.21. The maximum absolute atomic E-state index is 5.86. The highest BCUT2D eigenvalue weighted by Gasteiger charge is 2.07. The molecule has 1 heterocycles. The lowest BCUT2D eigenvalue weighted by molar-refractivity contribution is 0.775. The minimum atomic E-state index is 0.236. The topological polar surface area (TPSA) is 75.9 Å². The Morgan fingerprint density at radius 3 is 2.40 bits per heavy atom. The van der Waals surface area contributed by atoms with Gasteiger partial charge in [-0.3, -0.25) is 0 Å². The number of nitrogen functional groups attached to an aromatic ring is 1. The molecular weight excluding hydrogens is 274 g/mol. The molecule has 6 heteroatoms. The van der Waals surface area contributed by atoms with E-state index < -0.39 is 0 Å². The largest absolute Gasteiger partial charge is 0.366 e. The fraction of sp³-hybridized carbons (Fsp3) is 0.286. The third-order valence-corrected chi connectivity index (χ3v) is 3.05. The lowest BCUT2D eigenvalue weighted by Crippen LogP contribution is -2.13. The second-order valence-electron chi connectivity index (χ2n) is 4.78. The van der Waals surface area contributed by atoms with Crippen LogP contribution in [0.25, 0.3) is 0 Å². The van der Waals surface area contributed by atoms with E-state index in [-0.39, 0.29) is 5.92 Å². The number of hydrogen-bond donors (Lipinski definition) is 3. The van der Waals surface area contributed by atoms with E-state index in [1.807, 2.05) is 38.1 Å². The first-order valence-corrected chi connectivity index (χ1v) is 6.80. The van der Waals surface area contributed by atoms with Crippen LogP contribution in [0, 0.1) is 0 Å². The Morgan fingerprint density at radius 2 is 1.80 bits per heavy atom. The van der Waals surface area contributed by atoms with Gasteiger partial charge in [0.05, 0.1) is 0 Å². The van der Waals surface area contributed by atoms with Crippen molar-refractivity contribution in [2.75, 3.05) is 10.7 Å². The minimum absolute atomic E-state index is 0.236. The molecular formula is C14H18ClN5. The van der Waals surface area contributed by atoms with Crippen LogP contribution in [0.2, 0.25) is 5.02 Å². The van der Waals surface area contributed by atoms with Gasteiger partial charge in [-0.1, -0.05) is 37.6 Å².